The quantitative estimate of drug-likeness (QED) is 0.318. The van der Waals surface area contributed by atoms with E-state index in [1.165, 1.54) is 12.6 Å². The molecule has 6 heterocycles. The van der Waals surface area contributed by atoms with Crippen LogP contribution in [0, 0.1) is 5.82 Å². The number of nitrogens with one attached hydrogen (secondary N) is 1. The average Bonchev–Trinajstić information content (AvgIpc) is 3.49. The van der Waals surface area contributed by atoms with Gasteiger partial charge in [-0.05, 0) is 70.7 Å². The Morgan fingerprint density at radius 1 is 1.05 bits per heavy atom. The van der Waals surface area contributed by atoms with E-state index in [-0.39, 0.29) is 18.0 Å². The number of amides is 1. The first-order valence-electron chi connectivity index (χ1n) is 15.3. The Hall–Kier alpha value is -3.89. The molecular weight excluding hydrogens is 545 g/mol. The van der Waals surface area contributed by atoms with Crippen LogP contribution in [0.1, 0.15) is 58.6 Å². The number of nitrogens with zero attached hydrogens (tertiary/aromatic N) is 6. The highest BCUT2D eigenvalue weighted by Gasteiger charge is 2.54. The van der Waals surface area contributed by atoms with Crippen LogP contribution < -0.4 is 10.2 Å². The molecule has 2 saturated heterocycles. The van der Waals surface area contributed by atoms with Gasteiger partial charge in [-0.2, -0.15) is 0 Å². The lowest BCUT2D eigenvalue weighted by atomic mass is 9.77. The lowest BCUT2D eigenvalue weighted by molar-refractivity contribution is -0.161. The van der Waals surface area contributed by atoms with E-state index >= 15 is 0 Å². The van der Waals surface area contributed by atoms with Crippen LogP contribution in [0.15, 0.2) is 49.1 Å². The summed E-state index contributed by atoms with van der Waals surface area (Å²) in [7, 11) is 0. The molecule has 0 radical (unpaired) electrons. The number of morpholine rings is 1. The van der Waals surface area contributed by atoms with Crippen molar-refractivity contribution in [1.82, 2.24) is 24.4 Å². The van der Waals surface area contributed by atoms with Crippen molar-refractivity contribution in [2.45, 2.75) is 82.6 Å². The van der Waals surface area contributed by atoms with Crippen molar-refractivity contribution in [2.75, 3.05) is 23.4 Å². The van der Waals surface area contributed by atoms with Crippen LogP contribution in [0.25, 0.3) is 22.3 Å². The van der Waals surface area contributed by atoms with E-state index in [4.69, 9.17) is 9.72 Å². The molecule has 0 spiro atoms. The summed E-state index contributed by atoms with van der Waals surface area (Å²) in [4.78, 5) is 32.1. The zero-order chi connectivity index (χ0) is 29.6. The third-order valence-electron chi connectivity index (χ3n) is 10.00. The van der Waals surface area contributed by atoms with Gasteiger partial charge < -0.3 is 19.5 Å². The second-order valence-electron chi connectivity index (χ2n) is 13.3. The van der Waals surface area contributed by atoms with E-state index in [0.717, 1.165) is 53.9 Å². The van der Waals surface area contributed by atoms with E-state index < -0.39 is 11.2 Å². The van der Waals surface area contributed by atoms with Crippen molar-refractivity contribution in [1.29, 1.82) is 0 Å². The molecule has 2 unspecified atom stereocenters. The van der Waals surface area contributed by atoms with Crippen LogP contribution in [0.5, 0.6) is 0 Å². The van der Waals surface area contributed by atoms with Crippen LogP contribution in [0.3, 0.4) is 0 Å². The number of benzene rings is 1. The molecule has 10 heteroatoms. The molecule has 4 aromatic rings. The second-order valence-corrected chi connectivity index (χ2v) is 13.3. The minimum absolute atomic E-state index is 0.136. The Labute approximate surface area is 250 Å². The molecule has 222 valence electrons. The summed E-state index contributed by atoms with van der Waals surface area (Å²) in [5.41, 5.74) is 4.86. The van der Waals surface area contributed by atoms with Crippen LogP contribution in [0.4, 0.5) is 21.6 Å². The number of carbonyl (C=O) groups is 1. The smallest absolute Gasteiger partial charge is 0.237 e. The lowest BCUT2D eigenvalue weighted by Gasteiger charge is -2.60. The van der Waals surface area contributed by atoms with E-state index in [1.807, 2.05) is 30.5 Å². The van der Waals surface area contributed by atoms with Crippen molar-refractivity contribution in [3.63, 3.8) is 0 Å². The zero-order valence-corrected chi connectivity index (χ0v) is 24.9. The summed E-state index contributed by atoms with van der Waals surface area (Å²) in [6.45, 7) is 9.86. The Kier molecular flexibility index (Phi) is 5.94. The Bertz CT molecular complexity index is 1750. The van der Waals surface area contributed by atoms with Gasteiger partial charge in [0.15, 0.2) is 11.6 Å². The monoisotopic (exact) mass is 581 g/mol. The summed E-state index contributed by atoms with van der Waals surface area (Å²) in [6.07, 6.45) is 7.74. The number of imidazole rings is 1. The summed E-state index contributed by atoms with van der Waals surface area (Å²) in [5.74, 6) is 0.217. The van der Waals surface area contributed by atoms with Gasteiger partial charge >= 0.3 is 0 Å². The predicted octanol–water partition coefficient (Wildman–Crippen LogP) is 5.59. The molecule has 4 aliphatic rings. The van der Waals surface area contributed by atoms with Crippen molar-refractivity contribution in [3.8, 4) is 11.3 Å². The van der Waals surface area contributed by atoms with Gasteiger partial charge in [0.1, 0.15) is 5.52 Å². The fourth-order valence-electron chi connectivity index (χ4n) is 7.57. The minimum atomic E-state index is -0.598. The van der Waals surface area contributed by atoms with Gasteiger partial charge in [-0.3, -0.25) is 14.7 Å². The number of hydrogen-bond donors (Lipinski definition) is 1. The molecule has 2 atom stereocenters. The third kappa shape index (κ3) is 4.03. The van der Waals surface area contributed by atoms with Gasteiger partial charge in [-0.1, -0.05) is 12.1 Å². The number of rotatable bonds is 6. The van der Waals surface area contributed by atoms with E-state index in [1.54, 1.807) is 18.6 Å². The van der Waals surface area contributed by atoms with Crippen molar-refractivity contribution < 1.29 is 13.9 Å². The molecule has 1 saturated carbocycles. The first-order chi connectivity index (χ1) is 20.7. The molecule has 1 amide bonds. The number of ether oxygens (including phenoxy) is 1. The summed E-state index contributed by atoms with van der Waals surface area (Å²) in [6, 6.07) is 11.7. The van der Waals surface area contributed by atoms with Gasteiger partial charge in [0.05, 0.1) is 48.1 Å². The summed E-state index contributed by atoms with van der Waals surface area (Å²) < 4.78 is 22.4. The molecule has 2 bridgehead atoms. The minimum Gasteiger partial charge on any atom is -0.378 e. The van der Waals surface area contributed by atoms with Gasteiger partial charge in [-0.15, -0.1) is 0 Å². The molecule has 43 heavy (non-hydrogen) atoms. The maximum absolute atomic E-state index is 14.6. The molecule has 3 aromatic heterocycles. The number of hydrogen-bond acceptors (Lipinski definition) is 7. The van der Waals surface area contributed by atoms with Crippen LogP contribution >= 0.6 is 0 Å². The average molecular weight is 582 g/mol. The van der Waals surface area contributed by atoms with E-state index in [0.29, 0.717) is 35.3 Å². The summed E-state index contributed by atoms with van der Waals surface area (Å²) >= 11 is 0. The number of carbonyl (C=O) groups excluding carboxylic acids is 1. The van der Waals surface area contributed by atoms with Gasteiger partial charge in [0.2, 0.25) is 5.91 Å². The van der Waals surface area contributed by atoms with Crippen LogP contribution in [-0.4, -0.2) is 67.7 Å². The molecule has 8 rings (SSSR count). The van der Waals surface area contributed by atoms with Crippen molar-refractivity contribution >= 4 is 34.1 Å². The highest BCUT2D eigenvalue weighted by atomic mass is 19.1. The van der Waals surface area contributed by atoms with Crippen molar-refractivity contribution in [3.05, 3.63) is 60.4 Å². The van der Waals surface area contributed by atoms with Crippen LogP contribution in [-0.2, 0) is 14.9 Å². The number of anilines is 3. The topological polar surface area (TPSA) is 88.4 Å². The largest absolute Gasteiger partial charge is 0.378 e. The standard InChI is InChI=1S/C33H36FN7O2/c1-18(2)39-17-36-28-13-27(38-31(30(28)39)37-26-7-8-35-14-25(26)34)19-5-6-24-29(9-19)41(32(42)33(24,3)4)21-10-20(11-21)40-22-12-23(40)16-43-15-22/h5-9,13-14,17-18,20-23H,10-12,15-16H2,1-4H3,(H,35,37,38). The number of pyridine rings is 2. The Morgan fingerprint density at radius 3 is 2.53 bits per heavy atom. The molecule has 1 N–H and O–H groups in total. The van der Waals surface area contributed by atoms with E-state index in [9.17, 15) is 9.18 Å². The molecule has 9 nitrogen and oxygen atoms in total. The molecule has 1 aromatic carbocycles. The normalized spacial score (nSPS) is 26.0. The van der Waals surface area contributed by atoms with E-state index in [2.05, 4.69) is 51.1 Å². The maximum atomic E-state index is 14.6. The Morgan fingerprint density at radius 2 is 1.81 bits per heavy atom. The third-order valence-corrected chi connectivity index (χ3v) is 10.00. The highest BCUT2D eigenvalue weighted by Crippen LogP contribution is 2.49. The number of halogens is 1. The highest BCUT2D eigenvalue weighted by molar-refractivity contribution is 6.08. The number of fused-ring (bicyclic) bond motifs is 4. The van der Waals surface area contributed by atoms with Crippen molar-refractivity contribution in [2.24, 2.45) is 0 Å². The van der Waals surface area contributed by atoms with Gasteiger partial charge in [0, 0.05) is 47.7 Å². The fourth-order valence-corrected chi connectivity index (χ4v) is 7.57. The second kappa shape index (κ2) is 9.56. The number of aromatic nitrogens is 4. The molecular formula is C33H36FN7O2. The predicted molar refractivity (Wildman–Crippen MR) is 163 cm³/mol. The Balaban J connectivity index is 1.16. The fraction of sp³-hybridized carbons (Fsp3) is 0.455. The summed E-state index contributed by atoms with van der Waals surface area (Å²) in [5, 5.41) is 3.20. The zero-order valence-electron chi connectivity index (χ0n) is 24.9. The van der Waals surface area contributed by atoms with Gasteiger partial charge in [0.25, 0.3) is 0 Å². The molecule has 3 fully saturated rings. The first kappa shape index (κ1) is 26.7. The van der Waals surface area contributed by atoms with Gasteiger partial charge in [-0.25, -0.2) is 14.4 Å². The maximum Gasteiger partial charge on any atom is 0.237 e. The molecule has 3 aliphatic heterocycles. The molecule has 1 aliphatic carbocycles. The first-order valence-corrected chi connectivity index (χ1v) is 15.3. The van der Waals surface area contributed by atoms with Crippen LogP contribution in [0.2, 0.25) is 0 Å². The SMILES string of the molecule is CC(C)n1cnc2cc(-c3ccc4c(c3)N(C3CC(N5C6COCC5C6)C3)C(=O)C4(C)C)nc(Nc3ccncc3F)c21. The lowest BCUT2D eigenvalue weighted by Crippen LogP contribution is -2.70.